The molecule has 0 bridgehead atoms. The molecule has 0 aromatic heterocycles. The Labute approximate surface area is 89.7 Å². The topological polar surface area (TPSA) is 20.3 Å². The Morgan fingerprint density at radius 3 is 2.60 bits per heavy atom. The predicted octanol–water partition coefficient (Wildman–Crippen LogP) is 2.87. The highest BCUT2D eigenvalue weighted by Crippen LogP contribution is 2.21. The van der Waals surface area contributed by atoms with Crippen LogP contribution in [0.2, 0.25) is 0 Å². The standard InChI is InChI=1S/C12H16FNO/c1-4-5-12(15)10-7-6-9(13)8-11(10)14(2)3/h6-8H,4-5H2,1-3H3. The van der Waals surface area contributed by atoms with Crippen LogP contribution in [0, 0.1) is 5.82 Å². The fraction of sp³-hybridized carbons (Fsp3) is 0.417. The van der Waals surface area contributed by atoms with E-state index >= 15 is 0 Å². The zero-order valence-electron chi connectivity index (χ0n) is 9.38. The van der Waals surface area contributed by atoms with Crippen LogP contribution >= 0.6 is 0 Å². The van der Waals surface area contributed by atoms with Crippen LogP contribution in [0.5, 0.6) is 0 Å². The normalized spacial score (nSPS) is 10.1. The fourth-order valence-electron chi connectivity index (χ4n) is 1.47. The summed E-state index contributed by atoms with van der Waals surface area (Å²) in [6.45, 7) is 1.96. The van der Waals surface area contributed by atoms with Gasteiger partial charge < -0.3 is 4.90 Å². The van der Waals surface area contributed by atoms with Crippen LogP contribution in [0.25, 0.3) is 0 Å². The lowest BCUT2D eigenvalue weighted by Gasteiger charge is -2.16. The fourth-order valence-corrected chi connectivity index (χ4v) is 1.47. The molecule has 3 heteroatoms. The van der Waals surface area contributed by atoms with Gasteiger partial charge in [-0.1, -0.05) is 6.92 Å². The van der Waals surface area contributed by atoms with Gasteiger partial charge >= 0.3 is 0 Å². The molecule has 0 unspecified atom stereocenters. The number of hydrogen-bond donors (Lipinski definition) is 0. The van der Waals surface area contributed by atoms with Crippen molar-refractivity contribution in [3.8, 4) is 0 Å². The lowest BCUT2D eigenvalue weighted by atomic mass is 10.0. The smallest absolute Gasteiger partial charge is 0.164 e. The van der Waals surface area contributed by atoms with Crippen molar-refractivity contribution in [1.29, 1.82) is 0 Å². The van der Waals surface area contributed by atoms with Crippen LogP contribution in [-0.2, 0) is 0 Å². The quantitative estimate of drug-likeness (QED) is 0.711. The molecule has 1 aromatic rings. The summed E-state index contributed by atoms with van der Waals surface area (Å²) >= 11 is 0. The first kappa shape index (κ1) is 11.7. The molecule has 0 fully saturated rings. The molecular formula is C12H16FNO. The van der Waals surface area contributed by atoms with Gasteiger partial charge in [0, 0.05) is 31.8 Å². The second-order valence-corrected chi connectivity index (χ2v) is 3.73. The molecule has 1 aromatic carbocycles. The largest absolute Gasteiger partial charge is 0.377 e. The van der Waals surface area contributed by atoms with Gasteiger partial charge in [0.15, 0.2) is 5.78 Å². The number of rotatable bonds is 4. The minimum absolute atomic E-state index is 0.0706. The molecule has 0 spiro atoms. The van der Waals surface area contributed by atoms with E-state index in [1.54, 1.807) is 25.1 Å². The van der Waals surface area contributed by atoms with Crippen LogP contribution in [0.4, 0.5) is 10.1 Å². The van der Waals surface area contributed by atoms with E-state index in [1.165, 1.54) is 12.1 Å². The highest BCUT2D eigenvalue weighted by atomic mass is 19.1. The van der Waals surface area contributed by atoms with Gasteiger partial charge in [-0.15, -0.1) is 0 Å². The highest BCUT2D eigenvalue weighted by Gasteiger charge is 2.12. The summed E-state index contributed by atoms with van der Waals surface area (Å²) < 4.78 is 13.0. The molecule has 0 saturated heterocycles. The van der Waals surface area contributed by atoms with Gasteiger partial charge in [0.05, 0.1) is 0 Å². The number of carbonyl (C=O) groups excluding carboxylic acids is 1. The minimum Gasteiger partial charge on any atom is -0.377 e. The first-order valence-corrected chi connectivity index (χ1v) is 5.06. The Morgan fingerprint density at radius 2 is 2.07 bits per heavy atom. The number of nitrogens with zero attached hydrogens (tertiary/aromatic N) is 1. The Morgan fingerprint density at radius 1 is 1.40 bits per heavy atom. The maximum absolute atomic E-state index is 13.0. The summed E-state index contributed by atoms with van der Waals surface area (Å²) in [6.07, 6.45) is 1.32. The van der Waals surface area contributed by atoms with Crippen molar-refractivity contribution in [2.75, 3.05) is 19.0 Å². The number of anilines is 1. The SMILES string of the molecule is CCCC(=O)c1ccc(F)cc1N(C)C. The molecule has 82 valence electrons. The van der Waals surface area contributed by atoms with E-state index in [0.29, 0.717) is 17.7 Å². The first-order valence-electron chi connectivity index (χ1n) is 5.06. The molecule has 0 heterocycles. The van der Waals surface area contributed by atoms with Crippen molar-refractivity contribution < 1.29 is 9.18 Å². The molecular weight excluding hydrogens is 193 g/mol. The number of halogens is 1. The number of carbonyl (C=O) groups is 1. The molecule has 0 aliphatic heterocycles. The number of hydrogen-bond acceptors (Lipinski definition) is 2. The third-order valence-corrected chi connectivity index (χ3v) is 2.22. The van der Waals surface area contributed by atoms with Crippen LogP contribution in [0.1, 0.15) is 30.1 Å². The van der Waals surface area contributed by atoms with Crippen molar-refractivity contribution in [3.05, 3.63) is 29.6 Å². The van der Waals surface area contributed by atoms with E-state index in [0.717, 1.165) is 6.42 Å². The second kappa shape index (κ2) is 4.91. The molecule has 15 heavy (non-hydrogen) atoms. The highest BCUT2D eigenvalue weighted by molar-refractivity contribution is 6.01. The minimum atomic E-state index is -0.313. The lowest BCUT2D eigenvalue weighted by Crippen LogP contribution is -2.14. The average molecular weight is 209 g/mol. The number of benzene rings is 1. The van der Waals surface area contributed by atoms with Gasteiger partial charge in [0.25, 0.3) is 0 Å². The maximum Gasteiger partial charge on any atom is 0.164 e. The van der Waals surface area contributed by atoms with Gasteiger partial charge in [-0.3, -0.25) is 4.79 Å². The van der Waals surface area contributed by atoms with Crippen LogP contribution < -0.4 is 4.90 Å². The van der Waals surface area contributed by atoms with Crippen molar-refractivity contribution in [2.45, 2.75) is 19.8 Å². The van der Waals surface area contributed by atoms with Crippen molar-refractivity contribution >= 4 is 11.5 Å². The van der Waals surface area contributed by atoms with Crippen LogP contribution in [-0.4, -0.2) is 19.9 Å². The van der Waals surface area contributed by atoms with E-state index in [2.05, 4.69) is 0 Å². The number of Topliss-reactive ketones (excluding diaryl/α,β-unsaturated/α-hetero) is 1. The maximum atomic E-state index is 13.0. The van der Waals surface area contributed by atoms with Crippen molar-refractivity contribution in [3.63, 3.8) is 0 Å². The van der Waals surface area contributed by atoms with Gasteiger partial charge in [0.2, 0.25) is 0 Å². The summed E-state index contributed by atoms with van der Waals surface area (Å²) in [5.74, 6) is -0.243. The molecule has 0 aliphatic rings. The van der Waals surface area contributed by atoms with E-state index in [1.807, 2.05) is 6.92 Å². The van der Waals surface area contributed by atoms with Crippen molar-refractivity contribution in [1.82, 2.24) is 0 Å². The third-order valence-electron chi connectivity index (χ3n) is 2.22. The molecule has 0 amide bonds. The van der Waals surface area contributed by atoms with Gasteiger partial charge in [-0.25, -0.2) is 4.39 Å². The molecule has 0 N–H and O–H groups in total. The van der Waals surface area contributed by atoms with Gasteiger partial charge in [0.1, 0.15) is 5.82 Å². The Bertz CT molecular complexity index is 361. The molecule has 2 nitrogen and oxygen atoms in total. The van der Waals surface area contributed by atoms with E-state index in [4.69, 9.17) is 0 Å². The lowest BCUT2D eigenvalue weighted by molar-refractivity contribution is 0.0982. The summed E-state index contributed by atoms with van der Waals surface area (Å²) in [5, 5.41) is 0. The van der Waals surface area contributed by atoms with Crippen LogP contribution in [0.15, 0.2) is 18.2 Å². The summed E-state index contributed by atoms with van der Waals surface area (Å²) in [7, 11) is 3.61. The van der Waals surface area contributed by atoms with Gasteiger partial charge in [-0.05, 0) is 24.6 Å². The van der Waals surface area contributed by atoms with Crippen molar-refractivity contribution in [2.24, 2.45) is 0 Å². The Kier molecular flexibility index (Phi) is 3.83. The molecule has 1 rings (SSSR count). The third kappa shape index (κ3) is 2.78. The average Bonchev–Trinajstić information content (AvgIpc) is 2.17. The Balaban J connectivity index is 3.11. The van der Waals surface area contributed by atoms with E-state index in [-0.39, 0.29) is 11.6 Å². The number of ketones is 1. The molecule has 0 aliphatic carbocycles. The monoisotopic (exact) mass is 209 g/mol. The summed E-state index contributed by atoms with van der Waals surface area (Å²) in [4.78, 5) is 13.5. The zero-order chi connectivity index (χ0) is 11.4. The molecule has 0 radical (unpaired) electrons. The summed E-state index contributed by atoms with van der Waals surface area (Å²) in [6, 6.07) is 4.28. The molecule has 0 saturated carbocycles. The predicted molar refractivity (Wildman–Crippen MR) is 60.0 cm³/mol. The van der Waals surface area contributed by atoms with Crippen LogP contribution in [0.3, 0.4) is 0 Å². The first-order chi connectivity index (χ1) is 7.06. The second-order valence-electron chi connectivity index (χ2n) is 3.73. The van der Waals surface area contributed by atoms with E-state index < -0.39 is 0 Å². The summed E-state index contributed by atoms with van der Waals surface area (Å²) in [5.41, 5.74) is 1.25. The van der Waals surface area contributed by atoms with Gasteiger partial charge in [-0.2, -0.15) is 0 Å². The van der Waals surface area contributed by atoms with E-state index in [9.17, 15) is 9.18 Å². The molecule has 0 atom stereocenters. The zero-order valence-corrected chi connectivity index (χ0v) is 9.38. The Hall–Kier alpha value is -1.38.